The van der Waals surface area contributed by atoms with Gasteiger partial charge in [0.25, 0.3) is 0 Å². The van der Waals surface area contributed by atoms with Crippen molar-refractivity contribution in [3.05, 3.63) is 59.7 Å². The van der Waals surface area contributed by atoms with E-state index in [1.54, 1.807) is 10.7 Å². The summed E-state index contributed by atoms with van der Waals surface area (Å²) in [6.07, 6.45) is 1.89. The maximum Gasteiger partial charge on any atom is 0.154 e. The normalized spacial score (nSPS) is 11.4. The summed E-state index contributed by atoms with van der Waals surface area (Å²) in [5.41, 5.74) is 2.35. The molecule has 0 aliphatic carbocycles. The minimum atomic E-state index is -0.305. The number of aromatic nitrogens is 2. The van der Waals surface area contributed by atoms with Crippen molar-refractivity contribution in [3.8, 4) is 17.1 Å². The Kier molecular flexibility index (Phi) is 5.31. The monoisotopic (exact) mass is 343 g/mol. The summed E-state index contributed by atoms with van der Waals surface area (Å²) in [6, 6.07) is 10.1. The van der Waals surface area contributed by atoms with Crippen LogP contribution in [0.25, 0.3) is 17.1 Å². The second-order valence-electron chi connectivity index (χ2n) is 5.93. The molecular weight excluding hydrogens is 321 g/mol. The van der Waals surface area contributed by atoms with Gasteiger partial charge in [0.2, 0.25) is 0 Å². The third kappa shape index (κ3) is 3.97. The van der Waals surface area contributed by atoms with Gasteiger partial charge >= 0.3 is 0 Å². The number of aryl methyl sites for hydroxylation is 1. The Morgan fingerprint density at radius 3 is 2.76 bits per heavy atom. The highest BCUT2D eigenvalue weighted by molar-refractivity contribution is 5.57. The third-order valence-corrected chi connectivity index (χ3v) is 4.09. The highest BCUT2D eigenvalue weighted by Crippen LogP contribution is 2.26. The largest absolute Gasteiger partial charge is 0.460 e. The molecule has 2 heterocycles. The number of halogens is 1. The van der Waals surface area contributed by atoms with Gasteiger partial charge in [-0.25, -0.2) is 9.07 Å². The zero-order valence-electron chi connectivity index (χ0n) is 14.4. The number of furan rings is 1. The standard InChI is InChI=1S/C19H22FN3O2/c1-3-22(9-10-24)12-15-13-23(17-6-4-5-16(20)11-17)21-19(15)18-8-7-14(2)25-18/h4-8,11,13,24H,3,9-10,12H2,1-2H3. The predicted molar refractivity (Wildman–Crippen MR) is 94.0 cm³/mol. The first-order chi connectivity index (χ1) is 12.1. The SMILES string of the molecule is CCN(CCO)Cc1cn(-c2cccc(F)c2)nc1-c1ccc(C)o1. The Morgan fingerprint density at radius 1 is 1.28 bits per heavy atom. The molecular formula is C19H22FN3O2. The quantitative estimate of drug-likeness (QED) is 0.714. The topological polar surface area (TPSA) is 54.4 Å². The first kappa shape index (κ1) is 17.4. The lowest BCUT2D eigenvalue weighted by molar-refractivity contribution is 0.197. The van der Waals surface area contributed by atoms with Crippen molar-refractivity contribution in [2.24, 2.45) is 0 Å². The summed E-state index contributed by atoms with van der Waals surface area (Å²) >= 11 is 0. The number of hydrogen-bond acceptors (Lipinski definition) is 4. The Balaban J connectivity index is 2.02. The lowest BCUT2D eigenvalue weighted by atomic mass is 10.2. The minimum Gasteiger partial charge on any atom is -0.460 e. The van der Waals surface area contributed by atoms with Gasteiger partial charge < -0.3 is 9.52 Å². The van der Waals surface area contributed by atoms with Gasteiger partial charge in [-0.2, -0.15) is 5.10 Å². The molecule has 0 aliphatic heterocycles. The molecule has 0 radical (unpaired) electrons. The molecule has 3 rings (SSSR count). The predicted octanol–water partition coefficient (Wildman–Crippen LogP) is 3.39. The number of benzene rings is 1. The molecule has 0 unspecified atom stereocenters. The fourth-order valence-corrected chi connectivity index (χ4v) is 2.78. The van der Waals surface area contributed by atoms with Crippen molar-refractivity contribution in [2.45, 2.75) is 20.4 Å². The van der Waals surface area contributed by atoms with E-state index in [-0.39, 0.29) is 12.4 Å². The summed E-state index contributed by atoms with van der Waals surface area (Å²) in [5, 5.41) is 13.8. The first-order valence-corrected chi connectivity index (χ1v) is 8.35. The maximum atomic E-state index is 13.6. The number of aliphatic hydroxyl groups excluding tert-OH is 1. The van der Waals surface area contributed by atoms with Crippen molar-refractivity contribution in [3.63, 3.8) is 0 Å². The molecule has 5 nitrogen and oxygen atoms in total. The molecule has 132 valence electrons. The van der Waals surface area contributed by atoms with Gasteiger partial charge in [-0.3, -0.25) is 4.90 Å². The van der Waals surface area contributed by atoms with E-state index in [1.807, 2.05) is 38.2 Å². The number of rotatable bonds is 7. The molecule has 1 N–H and O–H groups in total. The molecule has 2 aromatic heterocycles. The van der Waals surface area contributed by atoms with Crippen LogP contribution in [0.15, 0.2) is 47.0 Å². The maximum absolute atomic E-state index is 13.6. The van der Waals surface area contributed by atoms with E-state index in [1.165, 1.54) is 12.1 Å². The molecule has 3 aromatic rings. The van der Waals surface area contributed by atoms with Gasteiger partial charge in [-0.15, -0.1) is 0 Å². The van der Waals surface area contributed by atoms with Crippen LogP contribution in [0.2, 0.25) is 0 Å². The van der Waals surface area contributed by atoms with Crippen LogP contribution in [0.3, 0.4) is 0 Å². The van der Waals surface area contributed by atoms with Crippen LogP contribution in [0.4, 0.5) is 4.39 Å². The first-order valence-electron chi connectivity index (χ1n) is 8.35. The Hall–Kier alpha value is -2.44. The van der Waals surface area contributed by atoms with Crippen molar-refractivity contribution in [1.82, 2.24) is 14.7 Å². The van der Waals surface area contributed by atoms with E-state index in [2.05, 4.69) is 10.00 Å². The summed E-state index contributed by atoms with van der Waals surface area (Å²) in [4.78, 5) is 2.12. The van der Waals surface area contributed by atoms with Crippen LogP contribution in [0.1, 0.15) is 18.2 Å². The Bertz CT molecular complexity index is 841. The van der Waals surface area contributed by atoms with Crippen LogP contribution in [0.5, 0.6) is 0 Å². The molecule has 0 aliphatic rings. The molecule has 0 bridgehead atoms. The highest BCUT2D eigenvalue weighted by atomic mass is 19.1. The van der Waals surface area contributed by atoms with Crippen LogP contribution in [-0.4, -0.2) is 39.5 Å². The minimum absolute atomic E-state index is 0.0983. The van der Waals surface area contributed by atoms with Crippen LogP contribution < -0.4 is 0 Å². The summed E-state index contributed by atoms with van der Waals surface area (Å²) in [7, 11) is 0. The Labute approximate surface area is 146 Å². The van der Waals surface area contributed by atoms with Gasteiger partial charge in [0.05, 0.1) is 12.3 Å². The van der Waals surface area contributed by atoms with E-state index in [0.29, 0.717) is 24.5 Å². The van der Waals surface area contributed by atoms with E-state index in [9.17, 15) is 9.50 Å². The molecule has 0 amide bonds. The van der Waals surface area contributed by atoms with Crippen LogP contribution in [-0.2, 0) is 6.54 Å². The molecule has 0 atom stereocenters. The van der Waals surface area contributed by atoms with Crippen molar-refractivity contribution in [1.29, 1.82) is 0 Å². The fraction of sp³-hybridized carbons (Fsp3) is 0.316. The van der Waals surface area contributed by atoms with E-state index >= 15 is 0 Å². The van der Waals surface area contributed by atoms with Crippen molar-refractivity contribution < 1.29 is 13.9 Å². The molecule has 6 heteroatoms. The van der Waals surface area contributed by atoms with Gasteiger partial charge in [0, 0.05) is 24.8 Å². The van der Waals surface area contributed by atoms with Crippen LogP contribution in [0, 0.1) is 12.7 Å². The van der Waals surface area contributed by atoms with Crippen molar-refractivity contribution in [2.75, 3.05) is 19.7 Å². The van der Waals surface area contributed by atoms with Gasteiger partial charge in [0.1, 0.15) is 17.3 Å². The van der Waals surface area contributed by atoms with Crippen LogP contribution >= 0.6 is 0 Å². The second kappa shape index (κ2) is 7.63. The van der Waals surface area contributed by atoms with Crippen molar-refractivity contribution >= 4 is 0 Å². The highest BCUT2D eigenvalue weighted by Gasteiger charge is 2.17. The zero-order valence-corrected chi connectivity index (χ0v) is 14.4. The number of likely N-dealkylation sites (N-methyl/N-ethyl adjacent to an activating group) is 1. The van der Waals surface area contributed by atoms with E-state index in [0.717, 1.165) is 23.6 Å². The van der Waals surface area contributed by atoms with Gasteiger partial charge in [-0.05, 0) is 43.8 Å². The number of aliphatic hydroxyl groups is 1. The summed E-state index contributed by atoms with van der Waals surface area (Å²) in [5.74, 6) is 1.19. The molecule has 0 fully saturated rings. The van der Waals surface area contributed by atoms with Gasteiger partial charge in [0.15, 0.2) is 5.76 Å². The average Bonchev–Trinajstić information content (AvgIpc) is 3.20. The number of hydrogen-bond donors (Lipinski definition) is 1. The third-order valence-electron chi connectivity index (χ3n) is 4.09. The molecule has 1 aromatic carbocycles. The molecule has 25 heavy (non-hydrogen) atoms. The smallest absolute Gasteiger partial charge is 0.154 e. The average molecular weight is 343 g/mol. The molecule has 0 spiro atoms. The molecule has 0 saturated heterocycles. The number of nitrogens with zero attached hydrogens (tertiary/aromatic N) is 3. The summed E-state index contributed by atoms with van der Waals surface area (Å²) < 4.78 is 21.0. The lowest BCUT2D eigenvalue weighted by Gasteiger charge is -2.18. The zero-order chi connectivity index (χ0) is 17.8. The van der Waals surface area contributed by atoms with E-state index in [4.69, 9.17) is 4.42 Å². The van der Waals surface area contributed by atoms with Gasteiger partial charge in [-0.1, -0.05) is 13.0 Å². The summed E-state index contributed by atoms with van der Waals surface area (Å²) in [6.45, 7) is 6.04. The Morgan fingerprint density at radius 2 is 2.12 bits per heavy atom. The van der Waals surface area contributed by atoms with E-state index < -0.39 is 0 Å². The second-order valence-corrected chi connectivity index (χ2v) is 5.93. The fourth-order valence-electron chi connectivity index (χ4n) is 2.78. The lowest BCUT2D eigenvalue weighted by Crippen LogP contribution is -2.26. The molecule has 0 saturated carbocycles.